The van der Waals surface area contributed by atoms with E-state index in [0.717, 1.165) is 0 Å². The summed E-state index contributed by atoms with van der Waals surface area (Å²) in [6, 6.07) is 0.304. The van der Waals surface area contributed by atoms with Crippen molar-refractivity contribution >= 4 is 10.0 Å². The molecule has 80 valence electrons. The predicted octanol–water partition coefficient (Wildman–Crippen LogP) is 0.312. The van der Waals surface area contributed by atoms with Crippen LogP contribution in [0.25, 0.3) is 0 Å². The van der Waals surface area contributed by atoms with E-state index in [0.29, 0.717) is 12.6 Å². The molecule has 0 heterocycles. The van der Waals surface area contributed by atoms with Gasteiger partial charge in [0.25, 0.3) is 0 Å². The molecule has 0 saturated carbocycles. The Morgan fingerprint density at radius 3 is 2.00 bits per heavy atom. The molecule has 0 unspecified atom stereocenters. The second-order valence-corrected chi connectivity index (χ2v) is 5.57. The molecule has 0 rings (SSSR count). The maximum atomic E-state index is 11.3. The molecule has 0 saturated heterocycles. The minimum absolute atomic E-state index is 0.0240. The molecule has 0 aliphatic carbocycles. The summed E-state index contributed by atoms with van der Waals surface area (Å²) in [7, 11) is -3.09. The Labute approximate surface area is 81.2 Å². The topological polar surface area (TPSA) is 58.2 Å². The smallest absolute Gasteiger partial charge is 0.213 e. The van der Waals surface area contributed by atoms with E-state index >= 15 is 0 Å². The van der Waals surface area contributed by atoms with Crippen molar-refractivity contribution in [2.24, 2.45) is 0 Å². The fraction of sp³-hybridized carbons (Fsp3) is 1.00. The summed E-state index contributed by atoms with van der Waals surface area (Å²) in [6.45, 7) is 8.10. The van der Waals surface area contributed by atoms with Crippen molar-refractivity contribution in [2.75, 3.05) is 12.3 Å². The normalized spacial score (nSPS) is 12.8. The molecule has 4 nitrogen and oxygen atoms in total. The molecule has 0 fully saturated rings. The number of sulfonamides is 1. The van der Waals surface area contributed by atoms with Gasteiger partial charge in [-0.1, -0.05) is 13.8 Å². The van der Waals surface area contributed by atoms with Gasteiger partial charge in [-0.2, -0.15) is 0 Å². The SMILES string of the molecule is CC(C)NCCS(=O)(=O)NC(C)C. The molecular weight excluding hydrogens is 188 g/mol. The summed E-state index contributed by atoms with van der Waals surface area (Å²) in [5, 5.41) is 3.06. The van der Waals surface area contributed by atoms with Gasteiger partial charge in [-0.25, -0.2) is 13.1 Å². The van der Waals surface area contributed by atoms with E-state index in [9.17, 15) is 8.42 Å². The molecule has 0 spiro atoms. The van der Waals surface area contributed by atoms with Crippen molar-refractivity contribution in [1.82, 2.24) is 10.0 Å². The highest BCUT2D eigenvalue weighted by Gasteiger charge is 2.10. The maximum absolute atomic E-state index is 11.3. The van der Waals surface area contributed by atoms with Crippen LogP contribution in [0.3, 0.4) is 0 Å². The molecule has 13 heavy (non-hydrogen) atoms. The molecule has 0 aliphatic heterocycles. The minimum atomic E-state index is -3.09. The first-order valence-corrected chi connectivity index (χ1v) is 6.22. The molecule has 0 aliphatic rings. The van der Waals surface area contributed by atoms with Gasteiger partial charge in [-0.05, 0) is 13.8 Å². The highest BCUT2D eigenvalue weighted by atomic mass is 32.2. The first-order valence-electron chi connectivity index (χ1n) is 4.57. The Balaban J connectivity index is 3.77. The van der Waals surface area contributed by atoms with Gasteiger partial charge < -0.3 is 5.32 Å². The van der Waals surface area contributed by atoms with Crippen molar-refractivity contribution < 1.29 is 8.42 Å². The van der Waals surface area contributed by atoms with E-state index in [4.69, 9.17) is 0 Å². The molecule has 0 atom stereocenters. The van der Waals surface area contributed by atoms with Gasteiger partial charge in [0.2, 0.25) is 10.0 Å². The summed E-state index contributed by atoms with van der Waals surface area (Å²) in [4.78, 5) is 0. The standard InChI is InChI=1S/C8H20N2O2S/c1-7(2)9-5-6-13(11,12)10-8(3)4/h7-10H,5-6H2,1-4H3. The molecule has 0 bridgehead atoms. The lowest BCUT2D eigenvalue weighted by molar-refractivity contribution is 0.558. The van der Waals surface area contributed by atoms with Crippen LogP contribution >= 0.6 is 0 Å². The van der Waals surface area contributed by atoms with E-state index in [1.54, 1.807) is 0 Å². The van der Waals surface area contributed by atoms with Gasteiger partial charge in [0.1, 0.15) is 0 Å². The second kappa shape index (κ2) is 5.57. The van der Waals surface area contributed by atoms with Gasteiger partial charge >= 0.3 is 0 Å². The summed E-state index contributed by atoms with van der Waals surface area (Å²) in [5.74, 6) is 0.142. The molecule has 0 aromatic carbocycles. The zero-order chi connectivity index (χ0) is 10.5. The van der Waals surface area contributed by atoms with Gasteiger partial charge in [0.15, 0.2) is 0 Å². The summed E-state index contributed by atoms with van der Waals surface area (Å²) in [6.07, 6.45) is 0. The number of rotatable bonds is 6. The molecule has 5 heteroatoms. The molecular formula is C8H20N2O2S. The van der Waals surface area contributed by atoms with Crippen LogP contribution in [-0.2, 0) is 10.0 Å². The average Bonchev–Trinajstić information content (AvgIpc) is 1.81. The highest BCUT2D eigenvalue weighted by Crippen LogP contribution is 1.87. The van der Waals surface area contributed by atoms with Crippen LogP contribution in [0.5, 0.6) is 0 Å². The van der Waals surface area contributed by atoms with Gasteiger partial charge in [0, 0.05) is 18.6 Å². The molecule has 0 aromatic rings. The van der Waals surface area contributed by atoms with E-state index in [2.05, 4.69) is 10.0 Å². The highest BCUT2D eigenvalue weighted by molar-refractivity contribution is 7.89. The monoisotopic (exact) mass is 208 g/mol. The summed E-state index contributed by atoms with van der Waals surface area (Å²) >= 11 is 0. The quantitative estimate of drug-likeness (QED) is 0.660. The van der Waals surface area contributed by atoms with E-state index < -0.39 is 10.0 Å². The third kappa shape index (κ3) is 8.21. The van der Waals surface area contributed by atoms with E-state index in [1.807, 2.05) is 27.7 Å². The minimum Gasteiger partial charge on any atom is -0.313 e. The molecule has 0 radical (unpaired) electrons. The first kappa shape index (κ1) is 12.9. The molecule has 0 amide bonds. The summed E-state index contributed by atoms with van der Waals surface area (Å²) in [5.41, 5.74) is 0. The Kier molecular flexibility index (Phi) is 5.51. The number of hydrogen-bond acceptors (Lipinski definition) is 3. The van der Waals surface area contributed by atoms with Crippen molar-refractivity contribution in [3.05, 3.63) is 0 Å². The van der Waals surface area contributed by atoms with Crippen molar-refractivity contribution in [1.29, 1.82) is 0 Å². The summed E-state index contributed by atoms with van der Waals surface area (Å²) < 4.78 is 25.1. The lowest BCUT2D eigenvalue weighted by Crippen LogP contribution is -2.37. The average molecular weight is 208 g/mol. The van der Waals surface area contributed by atoms with E-state index in [-0.39, 0.29) is 11.8 Å². The van der Waals surface area contributed by atoms with E-state index in [1.165, 1.54) is 0 Å². The fourth-order valence-corrected chi connectivity index (χ4v) is 2.12. The first-order chi connectivity index (χ1) is 5.83. The van der Waals surface area contributed by atoms with Crippen LogP contribution in [0.1, 0.15) is 27.7 Å². The Morgan fingerprint density at radius 2 is 1.62 bits per heavy atom. The van der Waals surface area contributed by atoms with Crippen LogP contribution < -0.4 is 10.0 Å². The lowest BCUT2D eigenvalue weighted by atomic mass is 10.4. The van der Waals surface area contributed by atoms with Gasteiger partial charge in [-0.15, -0.1) is 0 Å². The van der Waals surface area contributed by atoms with Crippen LogP contribution in [0.2, 0.25) is 0 Å². The second-order valence-electron chi connectivity index (χ2n) is 3.70. The largest absolute Gasteiger partial charge is 0.313 e. The number of hydrogen-bond donors (Lipinski definition) is 2. The third-order valence-corrected chi connectivity index (χ3v) is 2.91. The molecule has 2 N–H and O–H groups in total. The van der Waals surface area contributed by atoms with Gasteiger partial charge in [0.05, 0.1) is 5.75 Å². The van der Waals surface area contributed by atoms with Crippen molar-refractivity contribution in [3.8, 4) is 0 Å². The van der Waals surface area contributed by atoms with Gasteiger partial charge in [-0.3, -0.25) is 0 Å². The Morgan fingerprint density at radius 1 is 1.08 bits per heavy atom. The maximum Gasteiger partial charge on any atom is 0.213 e. The van der Waals surface area contributed by atoms with Crippen LogP contribution in [0, 0.1) is 0 Å². The molecule has 0 aromatic heterocycles. The zero-order valence-electron chi connectivity index (χ0n) is 8.79. The van der Waals surface area contributed by atoms with Crippen molar-refractivity contribution in [2.45, 2.75) is 39.8 Å². The lowest BCUT2D eigenvalue weighted by Gasteiger charge is -2.11. The number of nitrogens with one attached hydrogen (secondary N) is 2. The Bertz CT molecular complexity index is 222. The fourth-order valence-electron chi connectivity index (χ4n) is 0.900. The van der Waals surface area contributed by atoms with Crippen molar-refractivity contribution in [3.63, 3.8) is 0 Å². The Hall–Kier alpha value is -0.130. The van der Waals surface area contributed by atoms with Crippen LogP contribution in [0.15, 0.2) is 0 Å². The van der Waals surface area contributed by atoms with Crippen LogP contribution in [0.4, 0.5) is 0 Å². The predicted molar refractivity (Wildman–Crippen MR) is 55.2 cm³/mol. The van der Waals surface area contributed by atoms with Crippen LogP contribution in [-0.4, -0.2) is 32.8 Å². The third-order valence-electron chi connectivity index (χ3n) is 1.34. The zero-order valence-corrected chi connectivity index (χ0v) is 9.61.